The lowest BCUT2D eigenvalue weighted by Crippen LogP contribution is -2.71. The van der Waals surface area contributed by atoms with Gasteiger partial charge in [-0.1, -0.05) is 0 Å². The van der Waals surface area contributed by atoms with Gasteiger partial charge < -0.3 is 4.90 Å². The minimum atomic E-state index is -1.60. The molecular weight excluding hydrogens is 195 g/mol. The van der Waals surface area contributed by atoms with Gasteiger partial charge >= 0.3 is 0 Å². The average molecular weight is 214 g/mol. The predicted molar refractivity (Wildman–Crippen MR) is 56.4 cm³/mol. The maximum atomic E-state index is 14.1. The van der Waals surface area contributed by atoms with E-state index in [0.717, 1.165) is 19.5 Å². The molecule has 15 heavy (non-hydrogen) atoms. The molecule has 0 radical (unpaired) electrons. The van der Waals surface area contributed by atoms with Crippen molar-refractivity contribution in [3.8, 4) is 0 Å². The van der Waals surface area contributed by atoms with Crippen LogP contribution in [0.1, 0.15) is 27.2 Å². The first-order valence-electron chi connectivity index (χ1n) is 5.56. The van der Waals surface area contributed by atoms with Crippen molar-refractivity contribution >= 4 is 5.91 Å². The molecule has 2 fully saturated rings. The molecule has 0 aromatic heterocycles. The van der Waals surface area contributed by atoms with Crippen molar-refractivity contribution in [1.29, 1.82) is 0 Å². The van der Waals surface area contributed by atoms with Crippen LogP contribution in [0.2, 0.25) is 0 Å². The van der Waals surface area contributed by atoms with Gasteiger partial charge in [-0.3, -0.25) is 9.69 Å². The van der Waals surface area contributed by atoms with Crippen molar-refractivity contribution < 1.29 is 9.18 Å². The molecule has 0 aromatic carbocycles. The molecule has 0 spiro atoms. The highest BCUT2D eigenvalue weighted by molar-refractivity contribution is 5.87. The van der Waals surface area contributed by atoms with Crippen LogP contribution in [-0.2, 0) is 4.79 Å². The number of carbonyl (C=O) groups excluding carboxylic acids is 1. The zero-order valence-electron chi connectivity index (χ0n) is 9.72. The second-order valence-corrected chi connectivity index (χ2v) is 5.64. The van der Waals surface area contributed by atoms with Gasteiger partial charge in [0.25, 0.3) is 5.91 Å². The Morgan fingerprint density at radius 2 is 1.80 bits per heavy atom. The van der Waals surface area contributed by atoms with Gasteiger partial charge in [0, 0.05) is 31.7 Å². The van der Waals surface area contributed by atoms with Gasteiger partial charge in [0.15, 0.2) is 0 Å². The summed E-state index contributed by atoms with van der Waals surface area (Å²) in [7, 11) is 0. The van der Waals surface area contributed by atoms with E-state index in [0.29, 0.717) is 0 Å². The van der Waals surface area contributed by atoms with Gasteiger partial charge in [-0.25, -0.2) is 4.39 Å². The van der Waals surface area contributed by atoms with Gasteiger partial charge in [-0.2, -0.15) is 0 Å². The summed E-state index contributed by atoms with van der Waals surface area (Å²) in [6, 6.07) is 0. The molecule has 2 heterocycles. The molecule has 1 amide bonds. The lowest BCUT2D eigenvalue weighted by atomic mass is 9.88. The van der Waals surface area contributed by atoms with Crippen LogP contribution in [0.15, 0.2) is 0 Å². The van der Waals surface area contributed by atoms with E-state index in [4.69, 9.17) is 0 Å². The first-order valence-corrected chi connectivity index (χ1v) is 5.56. The van der Waals surface area contributed by atoms with Crippen LogP contribution >= 0.6 is 0 Å². The third-order valence-electron chi connectivity index (χ3n) is 3.36. The van der Waals surface area contributed by atoms with Crippen LogP contribution in [0, 0.1) is 0 Å². The Hall–Kier alpha value is -0.640. The number of nitrogens with zero attached hydrogens (tertiary/aromatic N) is 2. The number of carbonyl (C=O) groups is 1. The molecule has 0 saturated carbocycles. The van der Waals surface area contributed by atoms with E-state index in [1.165, 1.54) is 0 Å². The normalized spacial score (nSPS) is 25.7. The van der Waals surface area contributed by atoms with Gasteiger partial charge in [0.2, 0.25) is 5.67 Å². The Kier molecular flexibility index (Phi) is 2.30. The van der Waals surface area contributed by atoms with E-state index in [-0.39, 0.29) is 24.5 Å². The molecule has 86 valence electrons. The third-order valence-corrected chi connectivity index (χ3v) is 3.36. The lowest BCUT2D eigenvalue weighted by Gasteiger charge is -2.52. The summed E-state index contributed by atoms with van der Waals surface area (Å²) in [5, 5.41) is 0. The smallest absolute Gasteiger partial charge is 0.262 e. The SMILES string of the molecule is CC(C)(C)N1CC(F)(C(=O)N2CCC2)C1. The third kappa shape index (κ3) is 1.75. The number of rotatable bonds is 1. The number of hydrogen-bond donors (Lipinski definition) is 0. The van der Waals surface area contributed by atoms with Gasteiger partial charge in [0.05, 0.1) is 0 Å². The van der Waals surface area contributed by atoms with E-state index in [2.05, 4.69) is 0 Å². The molecule has 0 N–H and O–H groups in total. The number of hydrogen-bond acceptors (Lipinski definition) is 2. The van der Waals surface area contributed by atoms with Gasteiger partial charge in [-0.05, 0) is 27.2 Å². The minimum absolute atomic E-state index is 0.0369. The van der Waals surface area contributed by atoms with Gasteiger partial charge in [-0.15, -0.1) is 0 Å². The zero-order valence-corrected chi connectivity index (χ0v) is 9.72. The first-order chi connectivity index (χ1) is 6.83. The summed E-state index contributed by atoms with van der Waals surface area (Å²) in [5.74, 6) is -0.297. The first kappa shape index (κ1) is 10.9. The van der Waals surface area contributed by atoms with Crippen LogP contribution in [-0.4, -0.2) is 53.1 Å². The highest BCUT2D eigenvalue weighted by atomic mass is 19.1. The number of alkyl halides is 1. The summed E-state index contributed by atoms with van der Waals surface area (Å²) < 4.78 is 14.1. The molecular formula is C11H19FN2O. The van der Waals surface area contributed by atoms with E-state index >= 15 is 0 Å². The molecule has 0 atom stereocenters. The minimum Gasteiger partial charge on any atom is -0.340 e. The molecule has 2 aliphatic heterocycles. The van der Waals surface area contributed by atoms with E-state index in [9.17, 15) is 9.18 Å². The molecule has 0 aliphatic carbocycles. The van der Waals surface area contributed by atoms with Crippen LogP contribution < -0.4 is 0 Å². The molecule has 0 unspecified atom stereocenters. The monoisotopic (exact) mass is 214 g/mol. The summed E-state index contributed by atoms with van der Waals surface area (Å²) in [6.07, 6.45) is 1.02. The maximum absolute atomic E-state index is 14.1. The lowest BCUT2D eigenvalue weighted by molar-refractivity contribution is -0.166. The predicted octanol–water partition coefficient (Wildman–Crippen LogP) is 1.04. The highest BCUT2D eigenvalue weighted by Crippen LogP contribution is 2.34. The van der Waals surface area contributed by atoms with Crippen LogP contribution in [0.25, 0.3) is 0 Å². The Bertz CT molecular complexity index is 275. The fourth-order valence-electron chi connectivity index (χ4n) is 1.97. The molecule has 3 nitrogen and oxygen atoms in total. The number of likely N-dealkylation sites (tertiary alicyclic amines) is 2. The molecule has 2 aliphatic rings. The van der Waals surface area contributed by atoms with Crippen molar-refractivity contribution in [2.45, 2.75) is 38.4 Å². The molecule has 2 rings (SSSR count). The summed E-state index contributed by atoms with van der Waals surface area (Å²) in [5.41, 5.74) is -1.64. The van der Waals surface area contributed by atoms with Crippen molar-refractivity contribution in [1.82, 2.24) is 9.80 Å². The molecule has 4 heteroatoms. The maximum Gasteiger partial charge on any atom is 0.262 e. The van der Waals surface area contributed by atoms with Crippen molar-refractivity contribution in [2.75, 3.05) is 26.2 Å². The average Bonchev–Trinajstić information content (AvgIpc) is 1.92. The van der Waals surface area contributed by atoms with Crippen LogP contribution in [0.3, 0.4) is 0 Å². The molecule has 2 saturated heterocycles. The summed E-state index contributed by atoms with van der Waals surface area (Å²) in [6.45, 7) is 8.11. The van der Waals surface area contributed by atoms with Gasteiger partial charge in [0.1, 0.15) is 0 Å². The Balaban J connectivity index is 1.92. The fraction of sp³-hybridized carbons (Fsp3) is 0.909. The highest BCUT2D eigenvalue weighted by Gasteiger charge is 2.54. The standard InChI is InChI=1S/C11H19FN2O/c1-10(2,3)14-7-11(12,8-14)9(15)13-5-4-6-13/h4-8H2,1-3H3. The second-order valence-electron chi connectivity index (χ2n) is 5.64. The molecule has 0 aromatic rings. The van der Waals surface area contributed by atoms with Crippen molar-refractivity contribution in [3.63, 3.8) is 0 Å². The van der Waals surface area contributed by atoms with Crippen LogP contribution in [0.5, 0.6) is 0 Å². The quantitative estimate of drug-likeness (QED) is 0.651. The summed E-state index contributed by atoms with van der Waals surface area (Å²) in [4.78, 5) is 15.4. The Labute approximate surface area is 90.2 Å². The van der Waals surface area contributed by atoms with E-state index < -0.39 is 5.67 Å². The largest absolute Gasteiger partial charge is 0.340 e. The van der Waals surface area contributed by atoms with Crippen molar-refractivity contribution in [2.24, 2.45) is 0 Å². The Morgan fingerprint density at radius 1 is 1.27 bits per heavy atom. The van der Waals surface area contributed by atoms with Crippen LogP contribution in [0.4, 0.5) is 4.39 Å². The number of amides is 1. The van der Waals surface area contributed by atoms with E-state index in [1.807, 2.05) is 25.7 Å². The summed E-state index contributed by atoms with van der Waals surface area (Å²) >= 11 is 0. The second kappa shape index (κ2) is 3.17. The Morgan fingerprint density at radius 3 is 2.13 bits per heavy atom. The molecule has 0 bridgehead atoms. The van der Waals surface area contributed by atoms with E-state index in [1.54, 1.807) is 4.90 Å². The fourth-order valence-corrected chi connectivity index (χ4v) is 1.97. The number of halogens is 1. The topological polar surface area (TPSA) is 23.6 Å². The zero-order chi connectivity index (χ0) is 11.3. The van der Waals surface area contributed by atoms with Crippen molar-refractivity contribution in [3.05, 3.63) is 0 Å².